The summed E-state index contributed by atoms with van der Waals surface area (Å²) in [5.74, 6) is 0.655. The van der Waals surface area contributed by atoms with Crippen molar-refractivity contribution in [1.29, 1.82) is 0 Å². The highest BCUT2D eigenvalue weighted by Gasteiger charge is 2.23. The maximum atomic E-state index is 12.6. The van der Waals surface area contributed by atoms with E-state index in [4.69, 9.17) is 11.6 Å². The Bertz CT molecular complexity index is 918. The van der Waals surface area contributed by atoms with E-state index < -0.39 is 0 Å². The van der Waals surface area contributed by atoms with E-state index in [9.17, 15) is 9.59 Å². The van der Waals surface area contributed by atoms with Crippen molar-refractivity contribution in [2.45, 2.75) is 13.0 Å². The van der Waals surface area contributed by atoms with Gasteiger partial charge in [-0.3, -0.25) is 14.6 Å². The molecule has 32 heavy (non-hydrogen) atoms. The van der Waals surface area contributed by atoms with Crippen LogP contribution in [0.3, 0.4) is 0 Å². The van der Waals surface area contributed by atoms with Gasteiger partial charge in [-0.15, -0.1) is 24.0 Å². The third-order valence-corrected chi connectivity index (χ3v) is 5.36. The number of hydrogen-bond acceptors (Lipinski definition) is 3. The molecule has 2 amide bonds. The maximum absolute atomic E-state index is 12.6. The van der Waals surface area contributed by atoms with Gasteiger partial charge >= 0.3 is 0 Å². The average molecular weight is 570 g/mol. The minimum atomic E-state index is -0.0969. The van der Waals surface area contributed by atoms with Crippen molar-refractivity contribution >= 4 is 53.4 Å². The van der Waals surface area contributed by atoms with E-state index in [0.29, 0.717) is 50.1 Å². The van der Waals surface area contributed by atoms with Gasteiger partial charge in [-0.05, 0) is 23.3 Å². The highest BCUT2D eigenvalue weighted by Crippen LogP contribution is 2.13. The lowest BCUT2D eigenvalue weighted by Crippen LogP contribution is -2.54. The largest absolute Gasteiger partial charge is 0.350 e. The molecule has 1 saturated heterocycles. The molecule has 1 aliphatic rings. The number of nitrogens with one attached hydrogen (secondary N) is 2. The number of nitrogens with zero attached hydrogens (tertiary/aromatic N) is 3. The Kier molecular flexibility index (Phi) is 10.8. The minimum absolute atomic E-state index is 0. The molecule has 0 unspecified atom stereocenters. The number of hydrogen-bond donors (Lipinski definition) is 2. The van der Waals surface area contributed by atoms with Crippen molar-refractivity contribution in [2.75, 3.05) is 39.8 Å². The van der Waals surface area contributed by atoms with Gasteiger partial charge in [-0.25, -0.2) is 0 Å². The highest BCUT2D eigenvalue weighted by molar-refractivity contribution is 14.0. The fraction of sp³-hybridized carbons (Fsp3) is 0.348. The normalized spacial score (nSPS) is 13.9. The Labute approximate surface area is 211 Å². The van der Waals surface area contributed by atoms with Gasteiger partial charge in [0.2, 0.25) is 11.8 Å². The van der Waals surface area contributed by atoms with E-state index in [1.54, 1.807) is 13.1 Å². The fourth-order valence-corrected chi connectivity index (χ4v) is 3.66. The summed E-state index contributed by atoms with van der Waals surface area (Å²) in [5.41, 5.74) is 1.97. The first-order valence-corrected chi connectivity index (χ1v) is 10.7. The van der Waals surface area contributed by atoms with Gasteiger partial charge in [-0.1, -0.05) is 54.1 Å². The Hall–Kier alpha value is -2.33. The molecule has 2 aromatic rings. The molecule has 7 nitrogen and oxygen atoms in total. The predicted octanol–water partition coefficient (Wildman–Crippen LogP) is 2.54. The third-order valence-electron chi connectivity index (χ3n) is 5.13. The number of piperazine rings is 1. The van der Waals surface area contributed by atoms with Crippen molar-refractivity contribution in [3.63, 3.8) is 0 Å². The number of amides is 2. The lowest BCUT2D eigenvalue weighted by molar-refractivity contribution is -0.131. The monoisotopic (exact) mass is 569 g/mol. The molecular weight excluding hydrogens is 541 g/mol. The minimum Gasteiger partial charge on any atom is -0.350 e. The zero-order valence-corrected chi connectivity index (χ0v) is 21.2. The van der Waals surface area contributed by atoms with E-state index in [-0.39, 0.29) is 42.3 Å². The smallest absolute Gasteiger partial charge is 0.239 e. The van der Waals surface area contributed by atoms with E-state index in [2.05, 4.69) is 20.5 Å². The Balaban J connectivity index is 0.00000363. The van der Waals surface area contributed by atoms with E-state index in [0.717, 1.165) is 11.1 Å². The van der Waals surface area contributed by atoms with Crippen LogP contribution in [0.1, 0.15) is 11.1 Å². The van der Waals surface area contributed by atoms with Crippen LogP contribution in [0.15, 0.2) is 59.6 Å². The second-order valence-electron chi connectivity index (χ2n) is 7.34. The second kappa shape index (κ2) is 13.3. The number of benzene rings is 2. The molecule has 0 saturated carbocycles. The molecule has 1 aliphatic heterocycles. The number of guanidine groups is 1. The summed E-state index contributed by atoms with van der Waals surface area (Å²) in [5, 5.41) is 6.64. The first-order valence-electron chi connectivity index (χ1n) is 10.3. The molecule has 0 radical (unpaired) electrons. The third kappa shape index (κ3) is 7.98. The predicted molar refractivity (Wildman–Crippen MR) is 138 cm³/mol. The number of carbonyl (C=O) groups is 2. The molecule has 0 aliphatic carbocycles. The van der Waals surface area contributed by atoms with Crippen molar-refractivity contribution in [2.24, 2.45) is 4.99 Å². The Morgan fingerprint density at radius 1 is 0.938 bits per heavy atom. The average Bonchev–Trinajstić information content (AvgIpc) is 2.79. The molecule has 0 spiro atoms. The maximum Gasteiger partial charge on any atom is 0.239 e. The van der Waals surface area contributed by atoms with Crippen molar-refractivity contribution in [1.82, 2.24) is 20.4 Å². The zero-order chi connectivity index (χ0) is 22.1. The molecule has 0 atom stereocenters. The van der Waals surface area contributed by atoms with E-state index in [1.165, 1.54) is 0 Å². The molecule has 1 heterocycles. The van der Waals surface area contributed by atoms with Crippen LogP contribution in [0.5, 0.6) is 0 Å². The SMILES string of the molecule is CN=C(NCC(=O)NCc1ccccc1)N1CCN(C(=O)Cc2cccc(Cl)c2)CC1.I. The summed E-state index contributed by atoms with van der Waals surface area (Å²) >= 11 is 6.01. The molecule has 172 valence electrons. The molecular formula is C23H29ClIN5O2. The van der Waals surface area contributed by atoms with E-state index in [1.807, 2.05) is 53.4 Å². The molecule has 9 heteroatoms. The van der Waals surface area contributed by atoms with Gasteiger partial charge in [0.25, 0.3) is 0 Å². The first kappa shape index (κ1) is 25.9. The van der Waals surface area contributed by atoms with Crippen LogP contribution in [-0.2, 0) is 22.6 Å². The Morgan fingerprint density at radius 2 is 1.59 bits per heavy atom. The lowest BCUT2D eigenvalue weighted by atomic mass is 10.1. The molecule has 3 rings (SSSR count). The van der Waals surface area contributed by atoms with Gasteiger partial charge in [0.05, 0.1) is 13.0 Å². The van der Waals surface area contributed by atoms with Crippen LogP contribution < -0.4 is 10.6 Å². The van der Waals surface area contributed by atoms with Gasteiger partial charge in [0.1, 0.15) is 0 Å². The molecule has 1 fully saturated rings. The molecule has 2 N–H and O–H groups in total. The van der Waals surface area contributed by atoms with Crippen LogP contribution in [0, 0.1) is 0 Å². The topological polar surface area (TPSA) is 77.0 Å². The number of aliphatic imine (C=N–C) groups is 1. The van der Waals surface area contributed by atoms with Crippen LogP contribution in [0.25, 0.3) is 0 Å². The highest BCUT2D eigenvalue weighted by atomic mass is 127. The summed E-state index contributed by atoms with van der Waals surface area (Å²) in [6.45, 7) is 3.18. The van der Waals surface area contributed by atoms with Crippen LogP contribution >= 0.6 is 35.6 Å². The van der Waals surface area contributed by atoms with Crippen LogP contribution in [0.4, 0.5) is 0 Å². The van der Waals surface area contributed by atoms with Gasteiger partial charge in [-0.2, -0.15) is 0 Å². The quantitative estimate of drug-likeness (QED) is 0.319. The van der Waals surface area contributed by atoms with Gasteiger partial charge < -0.3 is 20.4 Å². The van der Waals surface area contributed by atoms with Gasteiger partial charge in [0.15, 0.2) is 5.96 Å². The first-order chi connectivity index (χ1) is 15.0. The number of halogens is 2. The van der Waals surface area contributed by atoms with Gasteiger partial charge in [0, 0.05) is 44.8 Å². The summed E-state index contributed by atoms with van der Waals surface area (Å²) in [6, 6.07) is 17.2. The van der Waals surface area contributed by atoms with Crippen molar-refractivity contribution in [3.05, 3.63) is 70.7 Å². The second-order valence-corrected chi connectivity index (χ2v) is 7.77. The van der Waals surface area contributed by atoms with Crippen LogP contribution in [0.2, 0.25) is 5.02 Å². The molecule has 0 bridgehead atoms. The van der Waals surface area contributed by atoms with Crippen molar-refractivity contribution in [3.8, 4) is 0 Å². The summed E-state index contributed by atoms with van der Waals surface area (Å²) in [4.78, 5) is 32.9. The summed E-state index contributed by atoms with van der Waals surface area (Å²) in [6.07, 6.45) is 0.342. The van der Waals surface area contributed by atoms with Crippen LogP contribution in [-0.4, -0.2) is 67.3 Å². The Morgan fingerprint density at radius 3 is 2.25 bits per heavy atom. The lowest BCUT2D eigenvalue weighted by Gasteiger charge is -2.36. The van der Waals surface area contributed by atoms with E-state index >= 15 is 0 Å². The summed E-state index contributed by atoms with van der Waals surface area (Å²) < 4.78 is 0. The van der Waals surface area contributed by atoms with Crippen molar-refractivity contribution < 1.29 is 9.59 Å². The fourth-order valence-electron chi connectivity index (χ4n) is 3.45. The number of carbonyl (C=O) groups excluding carboxylic acids is 2. The number of rotatable bonds is 6. The molecule has 0 aromatic heterocycles. The molecule has 2 aromatic carbocycles. The summed E-state index contributed by atoms with van der Waals surface area (Å²) in [7, 11) is 1.70. The zero-order valence-electron chi connectivity index (χ0n) is 18.1. The standard InChI is InChI=1S/C23H28ClN5O2.HI/c1-25-23(27-17-21(30)26-16-18-6-3-2-4-7-18)29-12-10-28(11-13-29)22(31)15-19-8-5-9-20(24)14-19;/h2-9,14H,10-13,15-17H2,1H3,(H,25,27)(H,26,30);1H.